The Morgan fingerprint density at radius 2 is 2.32 bits per heavy atom. The van der Waals surface area contributed by atoms with Crippen LogP contribution >= 0.6 is 27.7 Å². The van der Waals surface area contributed by atoms with Crippen molar-refractivity contribution in [3.8, 4) is 6.07 Å². The minimum atomic E-state index is 0.184. The van der Waals surface area contributed by atoms with Gasteiger partial charge in [0.2, 0.25) is 0 Å². The van der Waals surface area contributed by atoms with Gasteiger partial charge in [0.25, 0.3) is 0 Å². The Balaban J connectivity index is 2.02. The largest absolute Gasteiger partial charge is 0.249 e. The molecule has 1 saturated carbocycles. The predicted octanol–water partition coefficient (Wildman–Crippen LogP) is 5.04. The van der Waals surface area contributed by atoms with Gasteiger partial charge in [-0.25, -0.2) is 4.98 Å². The summed E-state index contributed by atoms with van der Waals surface area (Å²) < 4.78 is 1.00. The van der Waals surface area contributed by atoms with Crippen LogP contribution in [0.3, 0.4) is 0 Å². The molecule has 1 aliphatic carbocycles. The van der Waals surface area contributed by atoms with Crippen LogP contribution < -0.4 is 0 Å². The fourth-order valence-electron chi connectivity index (χ4n) is 2.75. The van der Waals surface area contributed by atoms with Crippen molar-refractivity contribution < 1.29 is 0 Å². The molecule has 0 amide bonds. The molecule has 1 aromatic rings. The van der Waals surface area contributed by atoms with E-state index in [0.717, 1.165) is 28.3 Å². The number of pyridine rings is 1. The van der Waals surface area contributed by atoms with Gasteiger partial charge in [0.15, 0.2) is 0 Å². The Bertz CT molecular complexity index is 440. The third kappa shape index (κ3) is 4.22. The molecule has 1 aromatic heterocycles. The summed E-state index contributed by atoms with van der Waals surface area (Å²) in [5.74, 6) is 0.978. The molecule has 0 radical (unpaired) electrons. The molecule has 0 aromatic carbocycles. The Kier molecular flexibility index (Phi) is 5.72. The van der Waals surface area contributed by atoms with E-state index in [4.69, 9.17) is 0 Å². The number of rotatable bonds is 4. The molecule has 1 fully saturated rings. The van der Waals surface area contributed by atoms with Crippen LogP contribution in [0.2, 0.25) is 0 Å². The molecule has 0 saturated heterocycles. The van der Waals surface area contributed by atoms with Crippen LogP contribution in [-0.2, 0) is 0 Å². The molecule has 0 spiro atoms. The molecule has 0 N–H and O–H groups in total. The summed E-state index contributed by atoms with van der Waals surface area (Å²) in [6.45, 7) is 2.24. The van der Waals surface area contributed by atoms with Crippen LogP contribution in [0.25, 0.3) is 0 Å². The fraction of sp³-hybridized carbons (Fsp3) is 0.600. The average Bonchev–Trinajstić information content (AvgIpc) is 2.42. The fourth-order valence-corrected chi connectivity index (χ4v) is 4.28. The third-order valence-electron chi connectivity index (χ3n) is 3.74. The van der Waals surface area contributed by atoms with Gasteiger partial charge in [-0.1, -0.05) is 19.8 Å². The van der Waals surface area contributed by atoms with E-state index in [0.29, 0.717) is 5.25 Å². The number of nitriles is 1. The maximum atomic E-state index is 9.31. The Morgan fingerprint density at radius 3 is 2.95 bits per heavy atom. The zero-order chi connectivity index (χ0) is 13.7. The maximum Gasteiger partial charge on any atom is 0.0963 e. The zero-order valence-corrected chi connectivity index (χ0v) is 13.6. The van der Waals surface area contributed by atoms with E-state index in [-0.39, 0.29) is 5.92 Å². The van der Waals surface area contributed by atoms with Gasteiger partial charge in [-0.05, 0) is 53.2 Å². The minimum absolute atomic E-state index is 0.184. The summed E-state index contributed by atoms with van der Waals surface area (Å²) in [5.41, 5.74) is 0. The quantitative estimate of drug-likeness (QED) is 0.771. The first-order valence-corrected chi connectivity index (χ1v) is 8.58. The van der Waals surface area contributed by atoms with Crippen LogP contribution in [0, 0.1) is 23.2 Å². The highest BCUT2D eigenvalue weighted by Crippen LogP contribution is 2.40. The summed E-state index contributed by atoms with van der Waals surface area (Å²) in [7, 11) is 0. The van der Waals surface area contributed by atoms with Crippen LogP contribution in [0.4, 0.5) is 0 Å². The van der Waals surface area contributed by atoms with Gasteiger partial charge in [-0.3, -0.25) is 0 Å². The van der Waals surface area contributed by atoms with Crippen LogP contribution in [0.15, 0.2) is 27.8 Å². The highest BCUT2D eigenvalue weighted by Gasteiger charge is 2.31. The van der Waals surface area contributed by atoms with Crippen molar-refractivity contribution in [2.45, 2.75) is 49.3 Å². The zero-order valence-electron chi connectivity index (χ0n) is 11.2. The van der Waals surface area contributed by atoms with Crippen molar-refractivity contribution >= 4 is 27.7 Å². The minimum Gasteiger partial charge on any atom is -0.249 e. The van der Waals surface area contributed by atoms with E-state index in [2.05, 4.69) is 33.9 Å². The summed E-state index contributed by atoms with van der Waals surface area (Å²) in [6.07, 6.45) is 7.80. The Morgan fingerprint density at radius 1 is 1.47 bits per heavy atom. The van der Waals surface area contributed by atoms with Crippen molar-refractivity contribution in [2.75, 3.05) is 0 Å². The summed E-state index contributed by atoms with van der Waals surface area (Å²) in [5, 5.41) is 10.7. The lowest BCUT2D eigenvalue weighted by molar-refractivity contribution is 0.306. The highest BCUT2D eigenvalue weighted by molar-refractivity contribution is 9.10. The maximum absolute atomic E-state index is 9.31. The van der Waals surface area contributed by atoms with Crippen molar-refractivity contribution in [3.63, 3.8) is 0 Å². The SMILES string of the molecule is CCCC1CCC(C#N)C(Sc2ccc(Br)cn2)C1. The standard InChI is InChI=1S/C15H19BrN2S/c1-2-3-11-4-5-12(9-17)14(8-11)19-15-7-6-13(16)10-18-15/h6-7,10-12,14H,2-5,8H2,1H3. The molecule has 0 aliphatic heterocycles. The molecular formula is C15H19BrN2S. The van der Waals surface area contributed by atoms with Crippen molar-refractivity contribution in [2.24, 2.45) is 11.8 Å². The molecule has 102 valence electrons. The number of hydrogen-bond donors (Lipinski definition) is 0. The third-order valence-corrected chi connectivity index (χ3v) is 5.51. The van der Waals surface area contributed by atoms with Gasteiger partial charge in [-0.15, -0.1) is 11.8 Å². The lowest BCUT2D eigenvalue weighted by atomic mass is 9.80. The summed E-state index contributed by atoms with van der Waals surface area (Å²) >= 11 is 5.18. The second kappa shape index (κ2) is 7.31. The first-order chi connectivity index (χ1) is 9.22. The average molecular weight is 339 g/mol. The van der Waals surface area contributed by atoms with Gasteiger partial charge in [0, 0.05) is 15.9 Å². The van der Waals surface area contributed by atoms with Gasteiger partial charge >= 0.3 is 0 Å². The number of aromatic nitrogens is 1. The second-order valence-corrected chi connectivity index (χ2v) is 7.35. The van der Waals surface area contributed by atoms with E-state index in [1.165, 1.54) is 19.3 Å². The van der Waals surface area contributed by atoms with Crippen LogP contribution in [0.5, 0.6) is 0 Å². The molecule has 3 unspecified atom stereocenters. The molecular weight excluding hydrogens is 320 g/mol. The molecule has 2 nitrogen and oxygen atoms in total. The molecule has 1 heterocycles. The normalized spacial score (nSPS) is 26.9. The number of thioether (sulfide) groups is 1. The molecule has 2 rings (SSSR count). The van der Waals surface area contributed by atoms with Crippen molar-refractivity contribution in [1.29, 1.82) is 5.26 Å². The van der Waals surface area contributed by atoms with Crippen LogP contribution in [-0.4, -0.2) is 10.2 Å². The highest BCUT2D eigenvalue weighted by atomic mass is 79.9. The number of nitrogens with zero attached hydrogens (tertiary/aromatic N) is 2. The van der Waals surface area contributed by atoms with Crippen molar-refractivity contribution in [1.82, 2.24) is 4.98 Å². The molecule has 4 heteroatoms. The monoisotopic (exact) mass is 338 g/mol. The number of halogens is 1. The topological polar surface area (TPSA) is 36.7 Å². The van der Waals surface area contributed by atoms with E-state index in [1.54, 1.807) is 11.8 Å². The summed E-state index contributed by atoms with van der Waals surface area (Å²) in [4.78, 5) is 4.42. The van der Waals surface area contributed by atoms with E-state index >= 15 is 0 Å². The van der Waals surface area contributed by atoms with Crippen molar-refractivity contribution in [3.05, 3.63) is 22.8 Å². The van der Waals surface area contributed by atoms with Gasteiger partial charge in [0.05, 0.1) is 17.0 Å². The molecule has 19 heavy (non-hydrogen) atoms. The lowest BCUT2D eigenvalue weighted by Crippen LogP contribution is -2.26. The van der Waals surface area contributed by atoms with Crippen LogP contribution in [0.1, 0.15) is 39.0 Å². The van der Waals surface area contributed by atoms with Gasteiger partial charge < -0.3 is 0 Å². The van der Waals surface area contributed by atoms with E-state index in [9.17, 15) is 5.26 Å². The molecule has 3 atom stereocenters. The Hall–Kier alpha value is -0.530. The van der Waals surface area contributed by atoms with E-state index < -0.39 is 0 Å². The predicted molar refractivity (Wildman–Crippen MR) is 82.9 cm³/mol. The first-order valence-electron chi connectivity index (χ1n) is 6.90. The van der Waals surface area contributed by atoms with E-state index in [1.807, 2.05) is 18.3 Å². The smallest absolute Gasteiger partial charge is 0.0963 e. The Labute approximate surface area is 128 Å². The van der Waals surface area contributed by atoms with Gasteiger partial charge in [0.1, 0.15) is 0 Å². The molecule has 0 bridgehead atoms. The second-order valence-electron chi connectivity index (χ2n) is 5.17. The lowest BCUT2D eigenvalue weighted by Gasteiger charge is -2.32. The summed E-state index contributed by atoms with van der Waals surface area (Å²) in [6, 6.07) is 6.54. The number of hydrogen-bond acceptors (Lipinski definition) is 3. The molecule has 1 aliphatic rings. The first kappa shape index (κ1) is 14.9. The van der Waals surface area contributed by atoms with Gasteiger partial charge in [-0.2, -0.15) is 5.26 Å².